The first-order valence-electron chi connectivity index (χ1n) is 11.3. The molecule has 174 valence electrons. The lowest BCUT2D eigenvalue weighted by molar-refractivity contribution is -0.152. The highest BCUT2D eigenvalue weighted by Crippen LogP contribution is 2.36. The van der Waals surface area contributed by atoms with Crippen LogP contribution in [-0.4, -0.2) is 16.7 Å². The van der Waals surface area contributed by atoms with E-state index < -0.39 is 11.6 Å². The number of benzene rings is 4. The van der Waals surface area contributed by atoms with Crippen molar-refractivity contribution in [1.29, 1.82) is 0 Å². The predicted molar refractivity (Wildman–Crippen MR) is 132 cm³/mol. The molecule has 4 nitrogen and oxygen atoms in total. The highest BCUT2D eigenvalue weighted by molar-refractivity contribution is 5.97. The Morgan fingerprint density at radius 1 is 0.941 bits per heavy atom. The van der Waals surface area contributed by atoms with Crippen LogP contribution in [0.25, 0.3) is 21.9 Å². The Bertz CT molecular complexity index is 1330. The van der Waals surface area contributed by atoms with Crippen LogP contribution in [0.4, 0.5) is 4.39 Å². The number of aliphatic carboxylic acids is 1. The lowest BCUT2D eigenvalue weighted by Crippen LogP contribution is -2.37. The standard InChI is InChI=1S/C29H27FO4/c1-4-6-21-17-20(10-16-27(21)33-23-14-11-22(30)12-15-23)25-8-5-7-19-9-13-24(18-26(19)25)34-29(2,3)28(31)32/h5,7-18H,4,6H2,1-3H3,(H,31,32). The molecule has 0 atom stereocenters. The lowest BCUT2D eigenvalue weighted by atomic mass is 9.95. The zero-order valence-electron chi connectivity index (χ0n) is 19.5. The highest BCUT2D eigenvalue weighted by Gasteiger charge is 2.29. The molecule has 4 rings (SSSR count). The number of ether oxygens (including phenoxy) is 2. The van der Waals surface area contributed by atoms with Crippen molar-refractivity contribution in [3.63, 3.8) is 0 Å². The molecule has 0 unspecified atom stereocenters. The Hall–Kier alpha value is -3.86. The Morgan fingerprint density at radius 2 is 1.68 bits per heavy atom. The van der Waals surface area contributed by atoms with E-state index in [-0.39, 0.29) is 5.82 Å². The summed E-state index contributed by atoms with van der Waals surface area (Å²) in [6, 6.07) is 23.7. The van der Waals surface area contributed by atoms with Crippen molar-refractivity contribution in [3.05, 3.63) is 90.2 Å². The maximum atomic E-state index is 13.3. The Labute approximate surface area is 198 Å². The first kappa shape index (κ1) is 23.3. The summed E-state index contributed by atoms with van der Waals surface area (Å²) in [4.78, 5) is 11.5. The number of hydrogen-bond donors (Lipinski definition) is 1. The molecule has 0 radical (unpaired) electrons. The molecule has 34 heavy (non-hydrogen) atoms. The number of carboxylic acids is 1. The smallest absolute Gasteiger partial charge is 0.347 e. The molecule has 4 aromatic carbocycles. The van der Waals surface area contributed by atoms with E-state index in [0.29, 0.717) is 11.5 Å². The fraction of sp³-hybridized carbons (Fsp3) is 0.207. The Kier molecular flexibility index (Phi) is 6.55. The van der Waals surface area contributed by atoms with Crippen LogP contribution in [0.5, 0.6) is 17.2 Å². The first-order chi connectivity index (χ1) is 16.3. The van der Waals surface area contributed by atoms with Crippen LogP contribution in [0.2, 0.25) is 0 Å². The van der Waals surface area contributed by atoms with E-state index in [2.05, 4.69) is 13.0 Å². The Morgan fingerprint density at radius 3 is 2.38 bits per heavy atom. The van der Waals surface area contributed by atoms with Crippen molar-refractivity contribution in [1.82, 2.24) is 0 Å². The van der Waals surface area contributed by atoms with Gasteiger partial charge in [-0.15, -0.1) is 0 Å². The molecule has 0 spiro atoms. The van der Waals surface area contributed by atoms with E-state index in [1.807, 2.05) is 42.5 Å². The van der Waals surface area contributed by atoms with Gasteiger partial charge in [0.2, 0.25) is 0 Å². The number of rotatable bonds is 8. The van der Waals surface area contributed by atoms with Crippen LogP contribution in [0.3, 0.4) is 0 Å². The van der Waals surface area contributed by atoms with Crippen LogP contribution in [0.15, 0.2) is 78.9 Å². The zero-order valence-corrected chi connectivity index (χ0v) is 19.5. The normalized spacial score (nSPS) is 11.4. The summed E-state index contributed by atoms with van der Waals surface area (Å²) in [6.45, 7) is 5.17. The van der Waals surface area contributed by atoms with E-state index in [9.17, 15) is 14.3 Å². The summed E-state index contributed by atoms with van der Waals surface area (Å²) in [5, 5.41) is 11.4. The van der Waals surface area contributed by atoms with Crippen LogP contribution >= 0.6 is 0 Å². The second kappa shape index (κ2) is 9.56. The van der Waals surface area contributed by atoms with Gasteiger partial charge in [0.1, 0.15) is 23.1 Å². The molecule has 0 fully saturated rings. The van der Waals surface area contributed by atoms with Crippen molar-refractivity contribution in [2.45, 2.75) is 39.2 Å². The number of halogens is 1. The second-order valence-corrected chi connectivity index (χ2v) is 8.73. The van der Waals surface area contributed by atoms with Crippen molar-refractivity contribution >= 4 is 16.7 Å². The van der Waals surface area contributed by atoms with Gasteiger partial charge in [-0.3, -0.25) is 0 Å². The lowest BCUT2D eigenvalue weighted by Gasteiger charge is -2.22. The van der Waals surface area contributed by atoms with E-state index in [0.717, 1.165) is 46.1 Å². The molecule has 0 aliphatic rings. The molecule has 0 aliphatic carbocycles. The molecular weight excluding hydrogens is 431 g/mol. The third-order valence-corrected chi connectivity index (χ3v) is 5.67. The van der Waals surface area contributed by atoms with Crippen molar-refractivity contribution in [2.75, 3.05) is 0 Å². The number of carbonyl (C=O) groups is 1. The molecule has 0 saturated carbocycles. The minimum atomic E-state index is -1.34. The number of hydrogen-bond acceptors (Lipinski definition) is 3. The van der Waals surface area contributed by atoms with Gasteiger partial charge in [0, 0.05) is 0 Å². The minimum absolute atomic E-state index is 0.303. The zero-order chi connectivity index (χ0) is 24.3. The summed E-state index contributed by atoms with van der Waals surface area (Å²) in [5.41, 5.74) is 1.76. The van der Waals surface area contributed by atoms with Gasteiger partial charge in [-0.1, -0.05) is 43.7 Å². The van der Waals surface area contributed by atoms with Gasteiger partial charge in [-0.2, -0.15) is 0 Å². The molecule has 1 N–H and O–H groups in total. The second-order valence-electron chi connectivity index (χ2n) is 8.73. The molecular formula is C29H27FO4. The fourth-order valence-electron chi connectivity index (χ4n) is 3.85. The molecule has 4 aromatic rings. The Balaban J connectivity index is 1.74. The van der Waals surface area contributed by atoms with E-state index in [1.54, 1.807) is 18.2 Å². The fourth-order valence-corrected chi connectivity index (χ4v) is 3.85. The van der Waals surface area contributed by atoms with E-state index in [1.165, 1.54) is 26.0 Å². The van der Waals surface area contributed by atoms with Gasteiger partial charge in [0.05, 0.1) is 0 Å². The molecule has 5 heteroatoms. The minimum Gasteiger partial charge on any atom is -0.478 e. The van der Waals surface area contributed by atoms with Gasteiger partial charge in [0.15, 0.2) is 5.60 Å². The predicted octanol–water partition coefficient (Wildman–Crippen LogP) is 7.63. The monoisotopic (exact) mass is 458 g/mol. The van der Waals surface area contributed by atoms with Gasteiger partial charge in [-0.05, 0) is 96.3 Å². The average Bonchev–Trinajstić information content (AvgIpc) is 2.81. The third-order valence-electron chi connectivity index (χ3n) is 5.67. The average molecular weight is 459 g/mol. The van der Waals surface area contributed by atoms with Gasteiger partial charge < -0.3 is 14.6 Å². The summed E-state index contributed by atoms with van der Waals surface area (Å²) in [5.74, 6) is 0.492. The van der Waals surface area contributed by atoms with Crippen LogP contribution < -0.4 is 9.47 Å². The third kappa shape index (κ3) is 5.04. The summed E-state index contributed by atoms with van der Waals surface area (Å²) < 4.78 is 25.1. The number of fused-ring (bicyclic) bond motifs is 1. The van der Waals surface area contributed by atoms with E-state index in [4.69, 9.17) is 9.47 Å². The molecule has 0 aliphatic heterocycles. The highest BCUT2D eigenvalue weighted by atomic mass is 19.1. The summed E-state index contributed by atoms with van der Waals surface area (Å²) >= 11 is 0. The number of carboxylic acid groups (broad SMARTS) is 1. The van der Waals surface area contributed by atoms with Crippen LogP contribution in [-0.2, 0) is 11.2 Å². The quantitative estimate of drug-likeness (QED) is 0.295. The summed E-state index contributed by atoms with van der Waals surface area (Å²) in [6.07, 6.45) is 1.78. The van der Waals surface area contributed by atoms with Gasteiger partial charge in [0.25, 0.3) is 0 Å². The maximum Gasteiger partial charge on any atom is 0.347 e. The van der Waals surface area contributed by atoms with Crippen molar-refractivity contribution < 1.29 is 23.8 Å². The molecule has 0 aromatic heterocycles. The van der Waals surface area contributed by atoms with Gasteiger partial charge in [-0.25, -0.2) is 9.18 Å². The van der Waals surface area contributed by atoms with Crippen LogP contribution in [0.1, 0.15) is 32.8 Å². The summed E-state index contributed by atoms with van der Waals surface area (Å²) in [7, 11) is 0. The SMILES string of the molecule is CCCc1cc(-c2cccc3ccc(OC(C)(C)C(=O)O)cc23)ccc1Oc1ccc(F)cc1. The first-order valence-corrected chi connectivity index (χ1v) is 11.3. The molecule has 0 saturated heterocycles. The van der Waals surface area contributed by atoms with Crippen molar-refractivity contribution in [3.8, 4) is 28.4 Å². The maximum absolute atomic E-state index is 13.3. The molecule has 0 amide bonds. The van der Waals surface area contributed by atoms with Crippen molar-refractivity contribution in [2.24, 2.45) is 0 Å². The molecule has 0 heterocycles. The largest absolute Gasteiger partial charge is 0.478 e. The van der Waals surface area contributed by atoms with E-state index >= 15 is 0 Å². The topological polar surface area (TPSA) is 55.8 Å². The number of aryl methyl sites for hydroxylation is 1. The molecule has 0 bridgehead atoms. The van der Waals surface area contributed by atoms with Gasteiger partial charge >= 0.3 is 5.97 Å². The van der Waals surface area contributed by atoms with Crippen LogP contribution in [0, 0.1) is 5.82 Å².